The van der Waals surface area contributed by atoms with Crippen molar-refractivity contribution in [2.45, 2.75) is 69.4 Å². The van der Waals surface area contributed by atoms with Gasteiger partial charge in [0.15, 0.2) is 5.65 Å². The van der Waals surface area contributed by atoms with Crippen LogP contribution in [-0.4, -0.2) is 37.4 Å². The second-order valence-corrected chi connectivity index (χ2v) is 9.61. The number of anilines is 3. The first kappa shape index (κ1) is 24.3. The predicted molar refractivity (Wildman–Crippen MR) is 126 cm³/mol. The molecule has 2 heterocycles. The zero-order chi connectivity index (χ0) is 25.4. The van der Waals surface area contributed by atoms with Crippen LogP contribution in [0.3, 0.4) is 0 Å². The van der Waals surface area contributed by atoms with Gasteiger partial charge in [-0.1, -0.05) is 6.07 Å². The number of rotatable bonds is 6. The van der Waals surface area contributed by atoms with Crippen LogP contribution in [0.4, 0.5) is 35.1 Å². The first-order chi connectivity index (χ1) is 17.2. The summed E-state index contributed by atoms with van der Waals surface area (Å²) in [5.41, 5.74) is 5.99. The van der Waals surface area contributed by atoms with Crippen molar-refractivity contribution in [1.29, 1.82) is 0 Å². The van der Waals surface area contributed by atoms with Gasteiger partial charge < -0.3 is 16.4 Å². The lowest BCUT2D eigenvalue weighted by Crippen LogP contribution is -2.32. The molecule has 2 fully saturated rings. The van der Waals surface area contributed by atoms with E-state index in [2.05, 4.69) is 25.6 Å². The number of primary amides is 1. The summed E-state index contributed by atoms with van der Waals surface area (Å²) in [7, 11) is 0. The van der Waals surface area contributed by atoms with Crippen molar-refractivity contribution in [1.82, 2.24) is 19.5 Å². The summed E-state index contributed by atoms with van der Waals surface area (Å²) in [5, 5.41) is 5.92. The minimum Gasteiger partial charge on any atom is -0.369 e. The molecule has 1 amide bonds. The number of benzene rings is 1. The van der Waals surface area contributed by atoms with Gasteiger partial charge in [-0.3, -0.25) is 9.36 Å². The third kappa shape index (κ3) is 4.93. The van der Waals surface area contributed by atoms with Crippen LogP contribution in [0.15, 0.2) is 24.4 Å². The van der Waals surface area contributed by atoms with Crippen LogP contribution in [0.25, 0.3) is 11.2 Å². The lowest BCUT2D eigenvalue weighted by Gasteiger charge is -2.29. The number of nitrogens with one attached hydrogen (secondary N) is 2. The Hall–Kier alpha value is -3.44. The number of carbonyl (C=O) groups is 1. The molecule has 2 saturated carbocycles. The molecular formula is C24H27F4N7O. The number of halogens is 4. The zero-order valence-corrected chi connectivity index (χ0v) is 19.5. The molecule has 0 bridgehead atoms. The van der Waals surface area contributed by atoms with Gasteiger partial charge in [0.05, 0.1) is 6.20 Å². The van der Waals surface area contributed by atoms with Crippen molar-refractivity contribution >= 4 is 34.7 Å². The average molecular weight is 506 g/mol. The summed E-state index contributed by atoms with van der Waals surface area (Å²) in [6, 6.07) is 3.22. The Morgan fingerprint density at radius 2 is 1.69 bits per heavy atom. The highest BCUT2D eigenvalue weighted by atomic mass is 19.3. The van der Waals surface area contributed by atoms with Crippen LogP contribution in [-0.2, 0) is 4.79 Å². The Bertz CT molecular complexity index is 1240. The standard InChI is InChI=1S/C24H27F4N7O/c25-16-2-1-3-17(26)19(16)33-23-32-18-12-30-22(31-14-8-10-24(27,28)11-9-14)34-21(18)35(23)15-6-4-13(5-7-15)20(29)36/h1-3,12-15H,4-11H2,(H2,29,36)(H,32,33)(H,30,31,34)/t13-,15-. The van der Waals surface area contributed by atoms with E-state index in [9.17, 15) is 22.4 Å². The molecule has 8 nitrogen and oxygen atoms in total. The fraction of sp³-hybridized carbons (Fsp3) is 0.500. The highest BCUT2D eigenvalue weighted by Gasteiger charge is 2.35. The largest absolute Gasteiger partial charge is 0.369 e. The summed E-state index contributed by atoms with van der Waals surface area (Å²) in [4.78, 5) is 25.1. The monoisotopic (exact) mass is 505 g/mol. The Kier molecular flexibility index (Phi) is 6.44. The number of para-hydroxylation sites is 1. The van der Waals surface area contributed by atoms with E-state index in [1.807, 2.05) is 0 Å². The van der Waals surface area contributed by atoms with Crippen LogP contribution in [0.5, 0.6) is 0 Å². The van der Waals surface area contributed by atoms with E-state index >= 15 is 0 Å². The molecule has 0 radical (unpaired) electrons. The number of fused-ring (bicyclic) bond motifs is 1. The highest BCUT2D eigenvalue weighted by molar-refractivity contribution is 5.78. The van der Waals surface area contributed by atoms with Crippen LogP contribution in [0.1, 0.15) is 57.4 Å². The Morgan fingerprint density at radius 1 is 1.03 bits per heavy atom. The van der Waals surface area contributed by atoms with Crippen molar-refractivity contribution in [3.05, 3.63) is 36.0 Å². The Morgan fingerprint density at radius 3 is 2.33 bits per heavy atom. The first-order valence-corrected chi connectivity index (χ1v) is 12.1. The van der Waals surface area contributed by atoms with Gasteiger partial charge in [-0.15, -0.1) is 0 Å². The maximum atomic E-state index is 14.4. The molecule has 0 unspecified atom stereocenters. The molecule has 2 aliphatic carbocycles. The maximum Gasteiger partial charge on any atom is 0.248 e. The summed E-state index contributed by atoms with van der Waals surface area (Å²) >= 11 is 0. The summed E-state index contributed by atoms with van der Waals surface area (Å²) < 4.78 is 57.7. The molecule has 5 rings (SSSR count). The molecule has 192 valence electrons. The lowest BCUT2D eigenvalue weighted by molar-refractivity contribution is -0.122. The number of nitrogens with zero attached hydrogens (tertiary/aromatic N) is 4. The van der Waals surface area contributed by atoms with Gasteiger partial charge >= 0.3 is 0 Å². The number of hydrogen-bond acceptors (Lipinski definition) is 6. The van der Waals surface area contributed by atoms with Gasteiger partial charge in [0.1, 0.15) is 22.8 Å². The molecule has 0 aliphatic heterocycles. The van der Waals surface area contributed by atoms with E-state index < -0.39 is 17.6 Å². The van der Waals surface area contributed by atoms with Crippen molar-refractivity contribution in [2.24, 2.45) is 11.7 Å². The number of carbonyl (C=O) groups excluding carboxylic acids is 1. The van der Waals surface area contributed by atoms with Gasteiger partial charge in [-0.25, -0.2) is 27.5 Å². The van der Waals surface area contributed by atoms with Crippen LogP contribution in [0.2, 0.25) is 0 Å². The van der Waals surface area contributed by atoms with Gasteiger partial charge in [0, 0.05) is 30.8 Å². The number of imidazole rings is 1. The first-order valence-electron chi connectivity index (χ1n) is 12.1. The van der Waals surface area contributed by atoms with Crippen molar-refractivity contribution in [2.75, 3.05) is 10.6 Å². The van der Waals surface area contributed by atoms with E-state index in [0.29, 0.717) is 49.7 Å². The van der Waals surface area contributed by atoms with E-state index in [0.717, 1.165) is 12.1 Å². The molecule has 36 heavy (non-hydrogen) atoms. The molecule has 3 aromatic rings. The number of alkyl halides is 2. The topological polar surface area (TPSA) is 111 Å². The minimum absolute atomic E-state index is 0.154. The molecule has 1 aromatic carbocycles. The van der Waals surface area contributed by atoms with Gasteiger partial charge in [-0.2, -0.15) is 4.98 Å². The third-order valence-corrected chi connectivity index (χ3v) is 7.15. The van der Waals surface area contributed by atoms with Crippen molar-refractivity contribution in [3.63, 3.8) is 0 Å². The van der Waals surface area contributed by atoms with Crippen LogP contribution >= 0.6 is 0 Å². The SMILES string of the molecule is NC(=O)[C@H]1CC[C@H](n2c(Nc3c(F)cccc3F)nc3cnc(NC4CCC(F)(F)CC4)nc32)CC1. The number of nitrogens with two attached hydrogens (primary N) is 1. The zero-order valence-electron chi connectivity index (χ0n) is 19.5. The summed E-state index contributed by atoms with van der Waals surface area (Å²) in [5.74, 6) is -4.29. The molecule has 2 aromatic heterocycles. The quantitative estimate of drug-likeness (QED) is 0.404. The Balaban J connectivity index is 1.48. The van der Waals surface area contributed by atoms with Gasteiger partial charge in [0.25, 0.3) is 0 Å². The van der Waals surface area contributed by atoms with E-state index in [1.165, 1.54) is 12.3 Å². The van der Waals surface area contributed by atoms with Gasteiger partial charge in [-0.05, 0) is 50.7 Å². The fourth-order valence-corrected chi connectivity index (χ4v) is 5.11. The number of aromatic nitrogens is 4. The second-order valence-electron chi connectivity index (χ2n) is 9.61. The Labute approximate surface area is 204 Å². The summed E-state index contributed by atoms with van der Waals surface area (Å²) in [6.07, 6.45) is 4.02. The lowest BCUT2D eigenvalue weighted by atomic mass is 9.85. The van der Waals surface area contributed by atoms with E-state index in [1.54, 1.807) is 4.57 Å². The number of amides is 1. The van der Waals surface area contributed by atoms with Crippen LogP contribution < -0.4 is 16.4 Å². The van der Waals surface area contributed by atoms with E-state index in [4.69, 9.17) is 5.73 Å². The second kappa shape index (κ2) is 9.55. The maximum absolute atomic E-state index is 14.4. The van der Waals surface area contributed by atoms with Gasteiger partial charge in [0.2, 0.25) is 23.7 Å². The predicted octanol–water partition coefficient (Wildman–Crippen LogP) is 5.05. The van der Waals surface area contributed by atoms with Crippen LogP contribution in [0, 0.1) is 17.6 Å². The molecule has 0 spiro atoms. The summed E-state index contributed by atoms with van der Waals surface area (Å²) in [6.45, 7) is 0. The molecule has 0 saturated heterocycles. The molecule has 2 aliphatic rings. The normalized spacial score (nSPS) is 22.4. The minimum atomic E-state index is -2.64. The average Bonchev–Trinajstić information content (AvgIpc) is 3.20. The molecular weight excluding hydrogens is 478 g/mol. The third-order valence-electron chi connectivity index (χ3n) is 7.15. The fourth-order valence-electron chi connectivity index (χ4n) is 5.11. The molecule has 0 atom stereocenters. The molecule has 12 heteroatoms. The van der Waals surface area contributed by atoms with Crippen molar-refractivity contribution in [3.8, 4) is 0 Å². The number of hydrogen-bond donors (Lipinski definition) is 3. The molecule has 4 N–H and O–H groups in total. The van der Waals surface area contributed by atoms with Crippen molar-refractivity contribution < 1.29 is 22.4 Å². The smallest absolute Gasteiger partial charge is 0.248 e. The van der Waals surface area contributed by atoms with E-state index in [-0.39, 0.29) is 54.3 Å². The highest BCUT2D eigenvalue weighted by Crippen LogP contribution is 2.38.